The molecule has 5 rings (SSSR count). The van der Waals surface area contributed by atoms with Gasteiger partial charge in [-0.3, -0.25) is 14.0 Å². The molecule has 0 unspecified atom stereocenters. The third-order valence-electron chi connectivity index (χ3n) is 6.03. The average molecular weight is 485 g/mol. The van der Waals surface area contributed by atoms with Crippen molar-refractivity contribution in [1.29, 1.82) is 0 Å². The molecule has 1 saturated heterocycles. The molecular weight excluding hydrogens is 463 g/mol. The van der Waals surface area contributed by atoms with Crippen LogP contribution in [0.25, 0.3) is 16.7 Å². The van der Waals surface area contributed by atoms with Gasteiger partial charge in [0.15, 0.2) is 9.84 Å². The highest BCUT2D eigenvalue weighted by molar-refractivity contribution is 7.92. The minimum Gasteiger partial charge on any atom is -0.383 e. The summed E-state index contributed by atoms with van der Waals surface area (Å²) in [6.45, 7) is 0.584. The van der Waals surface area contributed by atoms with E-state index >= 15 is 0 Å². The molecule has 1 aromatic carbocycles. The molecule has 34 heavy (non-hydrogen) atoms. The largest absolute Gasteiger partial charge is 0.383 e. The second-order valence-corrected chi connectivity index (χ2v) is 10.3. The van der Waals surface area contributed by atoms with Crippen LogP contribution in [-0.4, -0.2) is 65.2 Å². The van der Waals surface area contributed by atoms with E-state index in [2.05, 4.69) is 4.98 Å². The van der Waals surface area contributed by atoms with Gasteiger partial charge in [0.25, 0.3) is 11.5 Å². The Kier molecular flexibility index (Phi) is 5.45. The summed E-state index contributed by atoms with van der Waals surface area (Å²) in [6.07, 6.45) is 1.61. The van der Waals surface area contributed by atoms with Gasteiger partial charge < -0.3 is 14.2 Å². The summed E-state index contributed by atoms with van der Waals surface area (Å²) >= 11 is 0. The molecule has 11 heteroatoms. The predicted octanol–water partition coefficient (Wildman–Crippen LogP) is 1.73. The van der Waals surface area contributed by atoms with Crippen LogP contribution in [0.4, 0.5) is 4.39 Å². The maximum Gasteiger partial charge on any atom is 0.270 e. The lowest BCUT2D eigenvalue weighted by Crippen LogP contribution is -2.57. The average Bonchev–Trinajstić information content (AvgIpc) is 3.15. The fraction of sp³-hybridized carbons (Fsp3) is 0.261. The van der Waals surface area contributed by atoms with Crippen molar-refractivity contribution in [1.82, 2.24) is 18.9 Å². The van der Waals surface area contributed by atoms with Crippen molar-refractivity contribution in [3.8, 4) is 0 Å². The maximum absolute atomic E-state index is 13.3. The number of pyridine rings is 1. The molecule has 0 N–H and O–H groups in total. The number of methoxy groups -OCH3 is 1. The zero-order valence-electron chi connectivity index (χ0n) is 18.2. The Labute approximate surface area is 193 Å². The maximum atomic E-state index is 13.3. The van der Waals surface area contributed by atoms with Gasteiger partial charge in [0.1, 0.15) is 28.1 Å². The quantitative estimate of drug-likeness (QED) is 0.386. The lowest BCUT2D eigenvalue weighted by atomic mass is 10.2. The first-order chi connectivity index (χ1) is 16.3. The van der Waals surface area contributed by atoms with Gasteiger partial charge in [-0.25, -0.2) is 17.8 Å². The van der Waals surface area contributed by atoms with Crippen LogP contribution < -0.4 is 5.56 Å². The summed E-state index contributed by atoms with van der Waals surface area (Å²) in [5.41, 5.74) is 0.758. The normalized spacial score (nSPS) is 14.6. The summed E-state index contributed by atoms with van der Waals surface area (Å²) in [4.78, 5) is 32.3. The van der Waals surface area contributed by atoms with Crippen molar-refractivity contribution in [2.75, 3.05) is 26.8 Å². The molecule has 1 amide bonds. The number of hydrogen-bond donors (Lipinski definition) is 0. The topological polar surface area (TPSA) is 103 Å². The predicted molar refractivity (Wildman–Crippen MR) is 122 cm³/mol. The molecule has 0 bridgehead atoms. The summed E-state index contributed by atoms with van der Waals surface area (Å²) in [5, 5.41) is -0.496. The van der Waals surface area contributed by atoms with E-state index in [4.69, 9.17) is 4.74 Å². The van der Waals surface area contributed by atoms with E-state index in [9.17, 15) is 22.4 Å². The summed E-state index contributed by atoms with van der Waals surface area (Å²) in [7, 11) is -2.17. The fourth-order valence-electron chi connectivity index (χ4n) is 4.12. The first-order valence-electron chi connectivity index (χ1n) is 10.6. The van der Waals surface area contributed by atoms with Crippen LogP contribution in [0.1, 0.15) is 10.5 Å². The lowest BCUT2D eigenvalue weighted by Gasteiger charge is -2.38. The summed E-state index contributed by atoms with van der Waals surface area (Å²) < 4.78 is 47.0. The van der Waals surface area contributed by atoms with Gasteiger partial charge in [-0.15, -0.1) is 0 Å². The number of halogens is 1. The fourth-order valence-corrected chi connectivity index (χ4v) is 5.77. The van der Waals surface area contributed by atoms with E-state index in [1.165, 1.54) is 34.6 Å². The Morgan fingerprint density at radius 1 is 1.18 bits per heavy atom. The number of hydrogen-bond acceptors (Lipinski definition) is 6. The number of likely N-dealkylation sites (tertiary alicyclic amines) is 1. The Morgan fingerprint density at radius 3 is 2.62 bits per heavy atom. The molecular formula is C23H21FN4O5S. The number of aromatic nitrogens is 3. The first-order valence-corrected chi connectivity index (χ1v) is 12.1. The molecule has 0 saturated carbocycles. The monoisotopic (exact) mass is 484 g/mol. The third-order valence-corrected chi connectivity index (χ3v) is 8.14. The van der Waals surface area contributed by atoms with Gasteiger partial charge in [0.05, 0.1) is 16.9 Å². The van der Waals surface area contributed by atoms with Crippen LogP contribution >= 0.6 is 0 Å². The molecule has 9 nitrogen and oxygen atoms in total. The molecule has 1 aliphatic rings. The van der Waals surface area contributed by atoms with E-state index in [-0.39, 0.29) is 29.2 Å². The molecule has 1 aliphatic heterocycles. The van der Waals surface area contributed by atoms with Crippen LogP contribution in [-0.2, 0) is 21.1 Å². The van der Waals surface area contributed by atoms with Crippen LogP contribution in [0, 0.1) is 5.82 Å². The number of sulfone groups is 1. The Balaban J connectivity index is 1.47. The smallest absolute Gasteiger partial charge is 0.270 e. The standard InChI is InChI=1S/C23H21FN4O5S/c1-33-11-10-27-19(12-18-21(27)25-20-4-2-3-9-28(20)22(18)29)23(30)26-13-17(14-26)34(31,32)16-7-5-15(24)6-8-16/h2-9,12,17H,10-11,13-14H2,1H3. The number of fused-ring (bicyclic) bond motifs is 2. The van der Waals surface area contributed by atoms with Crippen molar-refractivity contribution >= 4 is 32.4 Å². The highest BCUT2D eigenvalue weighted by atomic mass is 32.2. The van der Waals surface area contributed by atoms with Crippen LogP contribution in [0.2, 0.25) is 0 Å². The zero-order chi connectivity index (χ0) is 24.0. The van der Waals surface area contributed by atoms with Gasteiger partial charge in [-0.05, 0) is 42.5 Å². The molecule has 3 aromatic heterocycles. The van der Waals surface area contributed by atoms with Gasteiger partial charge in [-0.2, -0.15) is 0 Å². The number of carbonyl (C=O) groups is 1. The molecule has 0 radical (unpaired) electrons. The number of amides is 1. The van der Waals surface area contributed by atoms with Crippen molar-refractivity contribution in [2.24, 2.45) is 0 Å². The lowest BCUT2D eigenvalue weighted by molar-refractivity contribution is 0.0646. The summed E-state index contributed by atoms with van der Waals surface area (Å²) in [6, 6.07) is 11.3. The highest BCUT2D eigenvalue weighted by Gasteiger charge is 2.41. The molecule has 0 spiro atoms. The molecule has 1 fully saturated rings. The number of ether oxygens (including phenoxy) is 1. The number of carbonyl (C=O) groups excluding carboxylic acids is 1. The van der Waals surface area contributed by atoms with Crippen molar-refractivity contribution in [3.63, 3.8) is 0 Å². The van der Waals surface area contributed by atoms with Crippen LogP contribution in [0.3, 0.4) is 0 Å². The SMILES string of the molecule is COCCn1c(C(=O)N2CC(S(=O)(=O)c3ccc(F)cc3)C2)cc2c(=O)n3ccccc3nc21. The van der Waals surface area contributed by atoms with E-state index in [1.54, 1.807) is 29.0 Å². The Bertz CT molecular complexity index is 1570. The van der Waals surface area contributed by atoms with E-state index < -0.39 is 26.8 Å². The van der Waals surface area contributed by atoms with Gasteiger partial charge in [0, 0.05) is 32.9 Å². The number of nitrogens with zero attached hydrogens (tertiary/aromatic N) is 4. The van der Waals surface area contributed by atoms with Gasteiger partial charge in [0.2, 0.25) is 0 Å². The molecule has 4 heterocycles. The van der Waals surface area contributed by atoms with Gasteiger partial charge in [-0.1, -0.05) is 6.07 Å². The minimum absolute atomic E-state index is 0.00126. The second-order valence-electron chi connectivity index (χ2n) is 8.09. The van der Waals surface area contributed by atoms with E-state index in [0.717, 1.165) is 12.1 Å². The molecule has 0 atom stereocenters. The van der Waals surface area contributed by atoms with Gasteiger partial charge >= 0.3 is 0 Å². The zero-order valence-corrected chi connectivity index (χ0v) is 19.0. The minimum atomic E-state index is -3.70. The Morgan fingerprint density at radius 2 is 1.91 bits per heavy atom. The second kappa shape index (κ2) is 8.33. The molecule has 4 aromatic rings. The van der Waals surface area contributed by atoms with Crippen molar-refractivity contribution in [3.05, 3.63) is 76.6 Å². The Hall–Kier alpha value is -3.57. The molecule has 176 valence electrons. The van der Waals surface area contributed by atoms with E-state index in [0.29, 0.717) is 29.8 Å². The van der Waals surface area contributed by atoms with Crippen molar-refractivity contribution < 1.29 is 22.3 Å². The number of benzene rings is 1. The highest BCUT2D eigenvalue weighted by Crippen LogP contribution is 2.27. The number of rotatable bonds is 6. The summed E-state index contributed by atoms with van der Waals surface area (Å²) in [5.74, 6) is -0.918. The van der Waals surface area contributed by atoms with Crippen molar-refractivity contribution in [2.45, 2.75) is 16.7 Å². The van der Waals surface area contributed by atoms with Crippen LogP contribution in [0.15, 0.2) is 64.4 Å². The van der Waals surface area contributed by atoms with E-state index in [1.807, 2.05) is 0 Å². The van der Waals surface area contributed by atoms with Crippen LogP contribution in [0.5, 0.6) is 0 Å². The first kappa shape index (κ1) is 22.2. The third kappa shape index (κ3) is 3.57. The molecule has 0 aliphatic carbocycles.